The molecule has 1 aliphatic carbocycles. The third-order valence-electron chi connectivity index (χ3n) is 9.52. The minimum atomic E-state index is -0.880. The number of nitrogens with one attached hydrogen (secondary N) is 2. The highest BCUT2D eigenvalue weighted by molar-refractivity contribution is 5.94. The number of methoxy groups -OCH3 is 2. The molecule has 4 atom stereocenters. The van der Waals surface area contributed by atoms with Crippen LogP contribution in [0.1, 0.15) is 81.9 Å². The molecule has 2 N–H and O–H groups in total. The van der Waals surface area contributed by atoms with Crippen LogP contribution in [0.4, 0.5) is 0 Å². The van der Waals surface area contributed by atoms with Gasteiger partial charge in [0.25, 0.3) is 5.91 Å². The average molecular weight is 650 g/mol. The molecule has 1 saturated heterocycles. The van der Waals surface area contributed by atoms with E-state index in [1.54, 1.807) is 44.2 Å². The Labute approximate surface area is 276 Å². The predicted molar refractivity (Wildman–Crippen MR) is 174 cm³/mol. The molecule has 254 valence electrons. The van der Waals surface area contributed by atoms with Gasteiger partial charge < -0.3 is 34.5 Å². The van der Waals surface area contributed by atoms with Crippen LogP contribution in [-0.2, 0) is 30.3 Å². The van der Waals surface area contributed by atoms with E-state index in [2.05, 4.69) is 10.6 Å². The number of fused-ring (bicyclic) bond motifs is 3. The Balaban J connectivity index is 1.46. The van der Waals surface area contributed by atoms with Gasteiger partial charge in [-0.15, -0.1) is 0 Å². The first kappa shape index (κ1) is 34.1. The summed E-state index contributed by atoms with van der Waals surface area (Å²) in [6.45, 7) is 1.69. The maximum Gasteiger partial charge on any atom is 0.329 e. The minimum Gasteiger partial charge on any atom is -0.493 e. The number of esters is 1. The third kappa shape index (κ3) is 8.55. The van der Waals surface area contributed by atoms with Crippen molar-refractivity contribution in [2.45, 2.75) is 95.4 Å². The summed E-state index contributed by atoms with van der Waals surface area (Å²) < 4.78 is 23.0. The number of benzene rings is 2. The van der Waals surface area contributed by atoms with Gasteiger partial charge in [-0.05, 0) is 93.2 Å². The van der Waals surface area contributed by atoms with Gasteiger partial charge in [0.15, 0.2) is 18.1 Å². The first-order valence-electron chi connectivity index (χ1n) is 16.8. The quantitative estimate of drug-likeness (QED) is 0.444. The third-order valence-corrected chi connectivity index (χ3v) is 9.52. The molecule has 2 bridgehead atoms. The maximum atomic E-state index is 14.3. The molecule has 47 heavy (non-hydrogen) atoms. The van der Waals surface area contributed by atoms with Crippen molar-refractivity contribution in [1.82, 2.24) is 15.5 Å². The molecule has 11 nitrogen and oxygen atoms in total. The van der Waals surface area contributed by atoms with Crippen molar-refractivity contribution >= 4 is 23.7 Å². The van der Waals surface area contributed by atoms with Crippen LogP contribution < -0.4 is 24.8 Å². The van der Waals surface area contributed by atoms with Crippen molar-refractivity contribution in [1.29, 1.82) is 0 Å². The number of cyclic esters (lactones) is 1. The number of hydrogen-bond donors (Lipinski definition) is 2. The van der Waals surface area contributed by atoms with Gasteiger partial charge in [0, 0.05) is 6.54 Å². The second-order valence-electron chi connectivity index (χ2n) is 12.7. The Kier molecular flexibility index (Phi) is 11.6. The monoisotopic (exact) mass is 649 g/mol. The number of ether oxygens (including phenoxy) is 4. The number of amides is 3. The van der Waals surface area contributed by atoms with Crippen molar-refractivity contribution in [3.05, 3.63) is 53.6 Å². The van der Waals surface area contributed by atoms with E-state index in [-0.39, 0.29) is 18.4 Å². The second kappa shape index (κ2) is 16.0. The number of carbonyl (C=O) groups excluding carboxylic acids is 4. The molecule has 0 radical (unpaired) electrons. The number of rotatable bonds is 6. The van der Waals surface area contributed by atoms with Crippen LogP contribution in [0.15, 0.2) is 42.5 Å². The molecule has 1 saturated carbocycles. The Morgan fingerprint density at radius 1 is 0.872 bits per heavy atom. The maximum absolute atomic E-state index is 14.3. The summed E-state index contributed by atoms with van der Waals surface area (Å²) in [6, 6.07) is 10.4. The van der Waals surface area contributed by atoms with Crippen molar-refractivity contribution in [3.63, 3.8) is 0 Å². The summed E-state index contributed by atoms with van der Waals surface area (Å²) in [7, 11) is 3.17. The lowest BCUT2D eigenvalue weighted by Crippen LogP contribution is -2.60. The lowest BCUT2D eigenvalue weighted by molar-refractivity contribution is -0.163. The zero-order chi connectivity index (χ0) is 33.3. The van der Waals surface area contributed by atoms with Gasteiger partial charge in [-0.2, -0.15) is 0 Å². The van der Waals surface area contributed by atoms with Crippen LogP contribution in [0, 0.1) is 5.92 Å². The topological polar surface area (TPSA) is 132 Å². The lowest BCUT2D eigenvalue weighted by Gasteiger charge is -2.39. The summed E-state index contributed by atoms with van der Waals surface area (Å²) in [5, 5.41) is 5.66. The normalized spacial score (nSPS) is 25.0. The fourth-order valence-corrected chi connectivity index (χ4v) is 6.89. The zero-order valence-corrected chi connectivity index (χ0v) is 27.6. The standard InChI is InChI=1S/C36H47N3O8/c1-23-34(41)38-33(25-10-5-4-6-11-25)35(42)39-19-8-7-14-28(39)36(43)47-29(17-15-24-16-18-30(44-2)31(20-24)45-3)26-12-9-13-27(21-26)46-22-32(40)37-23/h9,12-13,16,18,20-21,23,25,28-29,33H,4-8,10-11,14-15,17,19,22H2,1-3H3,(H,37,40)(H,38,41)/t23-,28-,29+,33+/m0/s1. The molecule has 5 rings (SSSR count). The van der Waals surface area contributed by atoms with E-state index in [0.29, 0.717) is 48.6 Å². The van der Waals surface area contributed by atoms with Crippen LogP contribution in [0.25, 0.3) is 0 Å². The van der Waals surface area contributed by atoms with E-state index in [0.717, 1.165) is 50.5 Å². The van der Waals surface area contributed by atoms with Gasteiger partial charge in [0.05, 0.1) is 14.2 Å². The van der Waals surface area contributed by atoms with Crippen LogP contribution in [0.3, 0.4) is 0 Å². The smallest absolute Gasteiger partial charge is 0.329 e. The number of carbonyl (C=O) groups is 4. The van der Waals surface area contributed by atoms with Crippen LogP contribution in [0.2, 0.25) is 0 Å². The van der Waals surface area contributed by atoms with Gasteiger partial charge in [0.2, 0.25) is 11.8 Å². The van der Waals surface area contributed by atoms with Crippen molar-refractivity contribution in [3.8, 4) is 17.2 Å². The average Bonchev–Trinajstić information content (AvgIpc) is 3.10. The van der Waals surface area contributed by atoms with Crippen molar-refractivity contribution in [2.24, 2.45) is 5.92 Å². The van der Waals surface area contributed by atoms with E-state index in [1.807, 2.05) is 24.3 Å². The first-order valence-corrected chi connectivity index (χ1v) is 16.8. The fourth-order valence-electron chi connectivity index (χ4n) is 6.89. The van der Waals surface area contributed by atoms with Crippen LogP contribution in [-0.4, -0.2) is 74.1 Å². The number of aryl methyl sites for hydroxylation is 1. The summed E-state index contributed by atoms with van der Waals surface area (Å²) in [6.07, 6.45) is 7.02. The molecule has 2 aromatic rings. The first-order chi connectivity index (χ1) is 22.8. The fraction of sp³-hybridized carbons (Fsp3) is 0.556. The van der Waals surface area contributed by atoms with Gasteiger partial charge >= 0.3 is 5.97 Å². The van der Waals surface area contributed by atoms with E-state index >= 15 is 0 Å². The van der Waals surface area contributed by atoms with E-state index in [9.17, 15) is 19.2 Å². The molecule has 2 aliphatic heterocycles. The molecule has 2 heterocycles. The summed E-state index contributed by atoms with van der Waals surface area (Å²) in [4.78, 5) is 56.1. The van der Waals surface area contributed by atoms with Gasteiger partial charge in [0.1, 0.15) is 30.0 Å². The number of hydrogen-bond acceptors (Lipinski definition) is 8. The Morgan fingerprint density at radius 2 is 1.64 bits per heavy atom. The zero-order valence-electron chi connectivity index (χ0n) is 27.6. The molecule has 3 aliphatic rings. The molecule has 3 amide bonds. The number of piperidine rings is 1. The summed E-state index contributed by atoms with van der Waals surface area (Å²) in [5.74, 6) is -0.0331. The molecule has 2 aromatic carbocycles. The minimum absolute atomic E-state index is 0.0529. The molecular formula is C36H47N3O8. The molecule has 0 unspecified atom stereocenters. The summed E-state index contributed by atoms with van der Waals surface area (Å²) >= 11 is 0. The molecule has 11 heteroatoms. The molecule has 0 aromatic heterocycles. The highest BCUT2D eigenvalue weighted by Crippen LogP contribution is 2.33. The molecule has 2 fully saturated rings. The van der Waals surface area contributed by atoms with E-state index in [4.69, 9.17) is 18.9 Å². The Morgan fingerprint density at radius 3 is 2.40 bits per heavy atom. The highest BCUT2D eigenvalue weighted by Gasteiger charge is 2.41. The van der Waals surface area contributed by atoms with Gasteiger partial charge in [-0.25, -0.2) is 4.79 Å². The van der Waals surface area contributed by atoms with E-state index < -0.39 is 42.0 Å². The number of nitrogens with zero attached hydrogens (tertiary/aromatic N) is 1. The SMILES string of the molecule is COc1ccc(CC[C@H]2OC(=O)[C@@H]3CCCCN3C(=O)[C@@H](C3CCCCC3)NC(=O)[C@H](C)NC(=O)COc3cccc2c3)cc1OC. The summed E-state index contributed by atoms with van der Waals surface area (Å²) in [5.41, 5.74) is 1.68. The molecular weight excluding hydrogens is 602 g/mol. The van der Waals surface area contributed by atoms with Crippen molar-refractivity contribution < 1.29 is 38.1 Å². The Bertz CT molecular complexity index is 1420. The lowest BCUT2D eigenvalue weighted by atomic mass is 9.82. The molecule has 0 spiro atoms. The Hall–Kier alpha value is -4.28. The second-order valence-corrected chi connectivity index (χ2v) is 12.7. The van der Waals surface area contributed by atoms with Crippen molar-refractivity contribution in [2.75, 3.05) is 27.4 Å². The van der Waals surface area contributed by atoms with Crippen LogP contribution >= 0.6 is 0 Å². The van der Waals surface area contributed by atoms with Gasteiger partial charge in [-0.3, -0.25) is 14.4 Å². The highest BCUT2D eigenvalue weighted by atomic mass is 16.5. The van der Waals surface area contributed by atoms with Crippen LogP contribution in [0.5, 0.6) is 17.2 Å². The predicted octanol–water partition coefficient (Wildman–Crippen LogP) is 4.26. The van der Waals surface area contributed by atoms with E-state index in [1.165, 1.54) is 0 Å². The van der Waals surface area contributed by atoms with Gasteiger partial charge in [-0.1, -0.05) is 37.5 Å². The largest absolute Gasteiger partial charge is 0.493 e.